The highest BCUT2D eigenvalue weighted by molar-refractivity contribution is 5.99. The molecule has 0 aliphatic carbocycles. The summed E-state index contributed by atoms with van der Waals surface area (Å²) in [6, 6.07) is 26.5. The Morgan fingerprint density at radius 3 is 2.04 bits per heavy atom. The number of nitrogens with zero attached hydrogens (tertiary/aromatic N) is 1. The molecule has 1 aliphatic heterocycles. The number of ether oxygens (including phenoxy) is 2. The van der Waals surface area contributed by atoms with Crippen molar-refractivity contribution in [2.24, 2.45) is 4.99 Å². The topological polar surface area (TPSA) is 30.8 Å². The summed E-state index contributed by atoms with van der Waals surface area (Å²) in [5.74, 6) is 3.28. The lowest BCUT2D eigenvalue weighted by Gasteiger charge is -2.12. The molecule has 0 amide bonds. The predicted octanol–water partition coefficient (Wildman–Crippen LogP) is 5.47. The first-order valence-corrected chi connectivity index (χ1v) is 9.09. The maximum absolute atomic E-state index is 5.69. The fourth-order valence-electron chi connectivity index (χ4n) is 3.12. The van der Waals surface area contributed by atoms with Gasteiger partial charge in [0.05, 0.1) is 24.5 Å². The van der Waals surface area contributed by atoms with Gasteiger partial charge in [-0.2, -0.15) is 0 Å². The molecule has 1 fully saturated rings. The van der Waals surface area contributed by atoms with Crippen LogP contribution in [0.15, 0.2) is 83.9 Å². The summed E-state index contributed by atoms with van der Waals surface area (Å²) in [5.41, 5.74) is 6.02. The molecule has 0 bridgehead atoms. The summed E-state index contributed by atoms with van der Waals surface area (Å²) in [5, 5.41) is 0. The summed E-state index contributed by atoms with van der Waals surface area (Å²) >= 11 is 0. The van der Waals surface area contributed by atoms with Crippen molar-refractivity contribution in [2.75, 3.05) is 13.2 Å². The lowest BCUT2D eigenvalue weighted by molar-refractivity contribution is -0.0436. The number of benzene rings is 3. The van der Waals surface area contributed by atoms with E-state index >= 15 is 0 Å². The number of aliphatic imine (C=N–C) groups is 1. The van der Waals surface area contributed by atoms with E-state index in [0.29, 0.717) is 13.2 Å². The zero-order valence-electron chi connectivity index (χ0n) is 15.3. The van der Waals surface area contributed by atoms with E-state index in [1.54, 1.807) is 0 Å². The average Bonchev–Trinajstić information content (AvgIpc) is 3.25. The normalized spacial score (nSPS) is 14.0. The predicted molar refractivity (Wildman–Crippen MR) is 108 cm³/mol. The van der Waals surface area contributed by atoms with Gasteiger partial charge >= 0.3 is 0 Å². The van der Waals surface area contributed by atoms with Crippen LogP contribution in [-0.2, 0) is 9.47 Å². The second-order valence-corrected chi connectivity index (χ2v) is 6.47. The van der Waals surface area contributed by atoms with Crippen molar-refractivity contribution in [1.82, 2.24) is 0 Å². The van der Waals surface area contributed by atoms with Crippen molar-refractivity contribution in [2.45, 2.75) is 13.2 Å². The second-order valence-electron chi connectivity index (χ2n) is 6.47. The molecule has 1 aliphatic rings. The van der Waals surface area contributed by atoms with Gasteiger partial charge in [-0.1, -0.05) is 72.3 Å². The molecule has 3 heteroatoms. The maximum atomic E-state index is 5.69. The summed E-state index contributed by atoms with van der Waals surface area (Å²) in [6.07, 6.45) is -0.359. The quantitative estimate of drug-likeness (QED) is 0.581. The summed E-state index contributed by atoms with van der Waals surface area (Å²) < 4.78 is 11.4. The molecule has 27 heavy (non-hydrogen) atoms. The van der Waals surface area contributed by atoms with Gasteiger partial charge in [-0.3, -0.25) is 0 Å². The van der Waals surface area contributed by atoms with Crippen molar-refractivity contribution >= 4 is 17.1 Å². The molecule has 0 aromatic heterocycles. The molecule has 0 spiro atoms. The average molecular weight is 355 g/mol. The Kier molecular flexibility index (Phi) is 5.27. The molecule has 1 saturated heterocycles. The van der Waals surface area contributed by atoms with E-state index in [2.05, 4.69) is 43.1 Å². The van der Waals surface area contributed by atoms with Crippen LogP contribution in [-0.4, -0.2) is 19.1 Å². The van der Waals surface area contributed by atoms with Gasteiger partial charge < -0.3 is 9.47 Å². The molecule has 3 aromatic carbocycles. The molecule has 0 saturated carbocycles. The van der Waals surface area contributed by atoms with E-state index in [0.717, 1.165) is 33.5 Å². The highest BCUT2D eigenvalue weighted by Crippen LogP contribution is 2.32. The minimum Gasteiger partial charge on any atom is -0.346 e. The molecular weight excluding hydrogens is 334 g/mol. The smallest absolute Gasteiger partial charge is 0.186 e. The van der Waals surface area contributed by atoms with Gasteiger partial charge in [0.2, 0.25) is 0 Å². The summed E-state index contributed by atoms with van der Waals surface area (Å²) in [4.78, 5) is 4.70. The first-order valence-electron chi connectivity index (χ1n) is 9.09. The van der Waals surface area contributed by atoms with E-state index in [4.69, 9.17) is 14.5 Å². The number of rotatable bonds is 4. The lowest BCUT2D eigenvalue weighted by atomic mass is 9.99. The maximum Gasteiger partial charge on any atom is 0.186 e. The van der Waals surface area contributed by atoms with Gasteiger partial charge in [-0.25, -0.2) is 4.99 Å². The minimum absolute atomic E-state index is 0.359. The Balaban J connectivity index is 1.83. The van der Waals surface area contributed by atoms with Crippen LogP contribution in [0.1, 0.15) is 28.5 Å². The van der Waals surface area contributed by atoms with E-state index in [9.17, 15) is 0 Å². The van der Waals surface area contributed by atoms with Gasteiger partial charge in [-0.15, -0.1) is 0 Å². The SMILES string of the molecule is Cc1ccc(N=C=C(c2ccccc2)c2ccccc2)c(C2OCCO2)c1. The highest BCUT2D eigenvalue weighted by Gasteiger charge is 2.21. The zero-order chi connectivity index (χ0) is 18.5. The van der Waals surface area contributed by atoms with Crippen LogP contribution >= 0.6 is 0 Å². The van der Waals surface area contributed by atoms with Gasteiger partial charge in [0.1, 0.15) is 0 Å². The Labute approximate surface area is 159 Å². The molecule has 0 atom stereocenters. The van der Waals surface area contributed by atoms with Crippen LogP contribution in [0, 0.1) is 6.92 Å². The van der Waals surface area contributed by atoms with Crippen LogP contribution in [0.25, 0.3) is 5.57 Å². The fourth-order valence-corrected chi connectivity index (χ4v) is 3.12. The fraction of sp³-hybridized carbons (Fsp3) is 0.167. The van der Waals surface area contributed by atoms with Crippen LogP contribution in [0.2, 0.25) is 0 Å². The third kappa shape index (κ3) is 4.07. The van der Waals surface area contributed by atoms with Crippen LogP contribution in [0.3, 0.4) is 0 Å². The molecule has 3 nitrogen and oxygen atoms in total. The van der Waals surface area contributed by atoms with Gasteiger partial charge in [0, 0.05) is 5.56 Å². The zero-order valence-corrected chi connectivity index (χ0v) is 15.3. The monoisotopic (exact) mass is 355 g/mol. The lowest BCUT2D eigenvalue weighted by Crippen LogP contribution is -1.99. The molecule has 0 unspecified atom stereocenters. The molecule has 1 heterocycles. The Hall–Kier alpha value is -2.97. The van der Waals surface area contributed by atoms with E-state index < -0.39 is 0 Å². The van der Waals surface area contributed by atoms with E-state index in [-0.39, 0.29) is 6.29 Å². The first-order chi connectivity index (χ1) is 13.3. The number of aryl methyl sites for hydroxylation is 1. The van der Waals surface area contributed by atoms with E-state index in [1.807, 2.05) is 48.5 Å². The van der Waals surface area contributed by atoms with Crippen molar-refractivity contribution in [3.63, 3.8) is 0 Å². The summed E-state index contributed by atoms with van der Waals surface area (Å²) in [7, 11) is 0. The molecule has 0 N–H and O–H groups in total. The van der Waals surface area contributed by atoms with Crippen molar-refractivity contribution < 1.29 is 9.47 Å². The third-order valence-corrected chi connectivity index (χ3v) is 4.47. The Bertz CT molecular complexity index is 926. The van der Waals surface area contributed by atoms with Crippen molar-refractivity contribution in [1.29, 1.82) is 0 Å². The standard InChI is InChI=1S/C24H21NO2/c1-18-12-13-23(21(16-18)24-26-14-15-27-24)25-17-22(19-8-4-2-5-9-19)20-10-6-3-7-11-20/h2-13,16,24H,14-15H2,1H3. The minimum atomic E-state index is -0.359. The van der Waals surface area contributed by atoms with Gasteiger partial charge in [0.25, 0.3) is 0 Å². The number of hydrogen-bond acceptors (Lipinski definition) is 3. The van der Waals surface area contributed by atoms with Crippen molar-refractivity contribution in [3.05, 3.63) is 101 Å². The van der Waals surface area contributed by atoms with Crippen molar-refractivity contribution in [3.8, 4) is 0 Å². The highest BCUT2D eigenvalue weighted by atomic mass is 16.7. The van der Waals surface area contributed by atoms with Crippen LogP contribution in [0.4, 0.5) is 5.69 Å². The van der Waals surface area contributed by atoms with E-state index in [1.165, 1.54) is 0 Å². The molecule has 0 radical (unpaired) electrons. The Morgan fingerprint density at radius 2 is 1.44 bits per heavy atom. The first kappa shape index (κ1) is 17.4. The third-order valence-electron chi connectivity index (χ3n) is 4.47. The summed E-state index contributed by atoms with van der Waals surface area (Å²) in [6.45, 7) is 3.27. The Morgan fingerprint density at radius 1 is 0.852 bits per heavy atom. The van der Waals surface area contributed by atoms with Gasteiger partial charge in [-0.05, 0) is 36.1 Å². The van der Waals surface area contributed by atoms with Gasteiger partial charge in [0.15, 0.2) is 6.29 Å². The second kappa shape index (κ2) is 8.15. The molecule has 4 rings (SSSR count). The van der Waals surface area contributed by atoms with Crippen LogP contribution in [0.5, 0.6) is 0 Å². The largest absolute Gasteiger partial charge is 0.346 e. The van der Waals surface area contributed by atoms with Crippen LogP contribution < -0.4 is 0 Å². The molecular formula is C24H21NO2. The number of hydrogen-bond donors (Lipinski definition) is 0. The molecule has 3 aromatic rings. The molecule has 134 valence electrons.